The molecule has 6 heteroatoms. The van der Waals surface area contributed by atoms with Crippen molar-refractivity contribution in [1.29, 1.82) is 0 Å². The number of benzene rings is 3. The fraction of sp³-hybridized carbons (Fsp3) is 0.379. The van der Waals surface area contributed by atoms with Gasteiger partial charge in [-0.15, -0.1) is 0 Å². The van der Waals surface area contributed by atoms with Gasteiger partial charge >= 0.3 is 6.11 Å². The first kappa shape index (κ1) is 25.7. The van der Waals surface area contributed by atoms with Crippen molar-refractivity contribution in [2.24, 2.45) is 0 Å². The Kier molecular flexibility index (Phi) is 7.57. The Bertz CT molecular complexity index is 1030. The molecule has 3 nitrogen and oxygen atoms in total. The summed E-state index contributed by atoms with van der Waals surface area (Å²) in [6, 6.07) is 30.2. The highest BCUT2D eigenvalue weighted by Crippen LogP contribution is 2.38. The maximum atomic E-state index is 14.5. The van der Waals surface area contributed by atoms with E-state index < -0.39 is 27.1 Å². The van der Waals surface area contributed by atoms with Gasteiger partial charge in [0, 0.05) is 6.54 Å². The molecule has 0 N–H and O–H groups in total. The predicted molar refractivity (Wildman–Crippen MR) is 140 cm³/mol. The highest BCUT2D eigenvalue weighted by molar-refractivity contribution is 6.99. The molecule has 1 fully saturated rings. The number of ether oxygens (including phenoxy) is 1. The van der Waals surface area contributed by atoms with Crippen LogP contribution in [0.15, 0.2) is 91.0 Å². The lowest BCUT2D eigenvalue weighted by molar-refractivity contribution is -0.309. The molecule has 4 rings (SSSR count). The van der Waals surface area contributed by atoms with E-state index >= 15 is 0 Å². The molecule has 2 atom stereocenters. The van der Waals surface area contributed by atoms with Crippen LogP contribution in [0.1, 0.15) is 33.3 Å². The lowest BCUT2D eigenvalue weighted by atomic mass is 10.1. The fourth-order valence-electron chi connectivity index (χ4n) is 5.24. The van der Waals surface area contributed by atoms with Gasteiger partial charge in [0.05, 0.1) is 25.3 Å². The minimum Gasteiger partial charge on any atom is -0.406 e. The van der Waals surface area contributed by atoms with Crippen LogP contribution in [0.3, 0.4) is 0 Å². The largest absolute Gasteiger partial charge is 0.406 e. The Morgan fingerprint density at radius 3 is 1.86 bits per heavy atom. The molecule has 0 aromatic heterocycles. The van der Waals surface area contributed by atoms with Gasteiger partial charge in [-0.1, -0.05) is 112 Å². The van der Waals surface area contributed by atoms with Gasteiger partial charge in [-0.2, -0.15) is 8.78 Å². The highest BCUT2D eigenvalue weighted by Gasteiger charge is 2.52. The third-order valence-electron chi connectivity index (χ3n) is 6.87. The molecule has 0 aliphatic carbocycles. The fourth-order valence-corrected chi connectivity index (χ4v) is 9.82. The molecule has 1 aliphatic heterocycles. The van der Waals surface area contributed by atoms with E-state index in [0.717, 1.165) is 5.56 Å². The average molecular weight is 496 g/mol. The molecule has 186 valence electrons. The molecule has 3 aromatic carbocycles. The summed E-state index contributed by atoms with van der Waals surface area (Å²) < 4.78 is 41.2. The van der Waals surface area contributed by atoms with Crippen molar-refractivity contribution < 1.29 is 17.9 Å². The summed E-state index contributed by atoms with van der Waals surface area (Å²) in [5.74, 6) is 0. The van der Waals surface area contributed by atoms with Crippen molar-refractivity contribution in [3.05, 3.63) is 96.6 Å². The molecule has 0 bridgehead atoms. The maximum Gasteiger partial charge on any atom is 0.368 e. The molecule has 0 radical (unpaired) electrons. The molecule has 2 unspecified atom stereocenters. The quantitative estimate of drug-likeness (QED) is 0.407. The van der Waals surface area contributed by atoms with E-state index in [1.807, 2.05) is 71.6 Å². The van der Waals surface area contributed by atoms with Crippen molar-refractivity contribution in [2.45, 2.75) is 57.5 Å². The van der Waals surface area contributed by atoms with Gasteiger partial charge < -0.3 is 9.16 Å². The summed E-state index contributed by atoms with van der Waals surface area (Å²) in [5, 5.41) is 2.15. The summed E-state index contributed by atoms with van der Waals surface area (Å²) >= 11 is 0. The molecule has 1 aliphatic rings. The molecule has 0 amide bonds. The summed E-state index contributed by atoms with van der Waals surface area (Å²) in [6.45, 7) is 8.64. The molecule has 3 aromatic rings. The van der Waals surface area contributed by atoms with E-state index in [1.54, 1.807) is 6.92 Å². The Balaban J connectivity index is 1.71. The van der Waals surface area contributed by atoms with Crippen LogP contribution in [0.2, 0.25) is 5.04 Å². The van der Waals surface area contributed by atoms with Crippen molar-refractivity contribution in [3.8, 4) is 0 Å². The van der Waals surface area contributed by atoms with Crippen molar-refractivity contribution in [1.82, 2.24) is 4.90 Å². The zero-order chi connectivity index (χ0) is 25.1. The van der Waals surface area contributed by atoms with Gasteiger partial charge in [-0.25, -0.2) is 0 Å². The van der Waals surface area contributed by atoms with E-state index in [0.29, 0.717) is 13.2 Å². The second-order valence-electron chi connectivity index (χ2n) is 10.4. The molecule has 35 heavy (non-hydrogen) atoms. The van der Waals surface area contributed by atoms with Crippen LogP contribution in [-0.4, -0.2) is 44.6 Å². The smallest absolute Gasteiger partial charge is 0.368 e. The maximum absolute atomic E-state index is 14.5. The average Bonchev–Trinajstić information content (AvgIpc) is 2.81. The minimum atomic E-state index is -3.19. The van der Waals surface area contributed by atoms with Gasteiger partial charge in [0.15, 0.2) is 0 Å². The highest BCUT2D eigenvalue weighted by atomic mass is 28.4. The summed E-state index contributed by atoms with van der Waals surface area (Å²) in [4.78, 5) is 1.82. The van der Waals surface area contributed by atoms with Crippen LogP contribution in [0.4, 0.5) is 8.78 Å². The Morgan fingerprint density at radius 2 is 1.37 bits per heavy atom. The van der Waals surface area contributed by atoms with Crippen LogP contribution in [0.25, 0.3) is 0 Å². The lowest BCUT2D eigenvalue weighted by Gasteiger charge is -2.47. The third-order valence-corrected chi connectivity index (χ3v) is 11.9. The first-order valence-corrected chi connectivity index (χ1v) is 14.1. The standard InChI is InChI=1S/C29H35F2NO2Si/c1-23-27(32(22-29(30,31)34-23)20-24-14-8-5-9-15-24)21-33-35(28(2,3)4,25-16-10-6-11-17-25)26-18-12-7-13-19-26/h5-19,23,27H,20-22H2,1-4H3. The number of rotatable bonds is 7. The topological polar surface area (TPSA) is 21.7 Å². The molecule has 0 spiro atoms. The molecular formula is C29H35F2NO2Si. The molecular weight excluding hydrogens is 460 g/mol. The number of nitrogens with zero attached hydrogens (tertiary/aromatic N) is 1. The SMILES string of the molecule is CC1OC(F)(F)CN(Cc2ccccc2)C1CO[Si](c1ccccc1)(c1ccccc1)C(C)(C)C. The van der Waals surface area contributed by atoms with E-state index in [2.05, 4.69) is 45.0 Å². The van der Waals surface area contributed by atoms with Gasteiger partial charge in [-0.3, -0.25) is 4.90 Å². The first-order valence-electron chi connectivity index (χ1n) is 12.2. The van der Waals surface area contributed by atoms with Crippen molar-refractivity contribution in [2.75, 3.05) is 13.2 Å². The summed E-state index contributed by atoms with van der Waals surface area (Å²) in [6.07, 6.45) is -3.87. The second kappa shape index (κ2) is 10.3. The molecule has 1 heterocycles. The van der Waals surface area contributed by atoms with Crippen LogP contribution in [0, 0.1) is 0 Å². The number of alkyl halides is 2. The van der Waals surface area contributed by atoms with Crippen LogP contribution in [0.5, 0.6) is 0 Å². The number of morpholine rings is 1. The number of halogens is 2. The van der Waals surface area contributed by atoms with Gasteiger partial charge in [0.2, 0.25) is 0 Å². The molecule has 0 saturated carbocycles. The van der Waals surface area contributed by atoms with E-state index in [-0.39, 0.29) is 11.1 Å². The van der Waals surface area contributed by atoms with Crippen LogP contribution in [-0.2, 0) is 15.7 Å². The van der Waals surface area contributed by atoms with Crippen LogP contribution < -0.4 is 10.4 Å². The second-order valence-corrected chi connectivity index (χ2v) is 14.7. The van der Waals surface area contributed by atoms with Crippen molar-refractivity contribution in [3.63, 3.8) is 0 Å². The number of hydrogen-bond acceptors (Lipinski definition) is 3. The number of hydrogen-bond donors (Lipinski definition) is 0. The minimum absolute atomic E-state index is 0.192. The Hall–Kier alpha value is -2.38. The summed E-state index contributed by atoms with van der Waals surface area (Å²) in [5.41, 5.74) is 0.993. The van der Waals surface area contributed by atoms with Gasteiger partial charge in [-0.05, 0) is 27.9 Å². The predicted octanol–water partition coefficient (Wildman–Crippen LogP) is 5.45. The van der Waals surface area contributed by atoms with E-state index in [9.17, 15) is 8.78 Å². The molecule has 1 saturated heterocycles. The Labute approximate surface area is 208 Å². The zero-order valence-electron chi connectivity index (χ0n) is 21.0. The van der Waals surface area contributed by atoms with E-state index in [1.165, 1.54) is 10.4 Å². The van der Waals surface area contributed by atoms with E-state index in [4.69, 9.17) is 9.16 Å². The normalized spacial score (nSPS) is 21.1. The zero-order valence-corrected chi connectivity index (χ0v) is 22.0. The monoisotopic (exact) mass is 495 g/mol. The first-order chi connectivity index (χ1) is 16.6. The van der Waals surface area contributed by atoms with Crippen molar-refractivity contribution >= 4 is 18.7 Å². The van der Waals surface area contributed by atoms with Crippen LogP contribution >= 0.6 is 0 Å². The van der Waals surface area contributed by atoms with Gasteiger partial charge in [0.1, 0.15) is 0 Å². The third kappa shape index (κ3) is 5.56. The van der Waals surface area contributed by atoms with Gasteiger partial charge in [0.25, 0.3) is 8.32 Å². The summed E-state index contributed by atoms with van der Waals surface area (Å²) in [7, 11) is -2.79. The lowest BCUT2D eigenvalue weighted by Crippen LogP contribution is -2.68. The Morgan fingerprint density at radius 1 is 0.886 bits per heavy atom.